The molecule has 4 aliphatic rings. The zero-order valence-corrected chi connectivity index (χ0v) is 22.8. The highest BCUT2D eigenvalue weighted by Crippen LogP contribution is 2.66. The molecule has 2 saturated heterocycles. The molecule has 11 heteroatoms. The topological polar surface area (TPSA) is 104 Å². The van der Waals surface area contributed by atoms with Gasteiger partial charge in [0, 0.05) is 23.4 Å². The van der Waals surface area contributed by atoms with Crippen LogP contribution in [0.4, 0.5) is 0 Å². The lowest BCUT2D eigenvalue weighted by Crippen LogP contribution is -2.60. The number of nitrogens with zero attached hydrogens (tertiary/aromatic N) is 2. The van der Waals surface area contributed by atoms with E-state index in [0.717, 1.165) is 9.78 Å². The first-order chi connectivity index (χ1) is 18.1. The highest BCUT2D eigenvalue weighted by Gasteiger charge is 2.76. The molecule has 0 spiro atoms. The molecule has 1 aromatic carbocycles. The van der Waals surface area contributed by atoms with Crippen molar-refractivity contribution in [1.29, 1.82) is 0 Å². The van der Waals surface area contributed by atoms with Crippen molar-refractivity contribution in [3.63, 3.8) is 0 Å². The minimum Gasteiger partial charge on any atom is -0.508 e. The summed E-state index contributed by atoms with van der Waals surface area (Å²) >= 11 is 15.7. The van der Waals surface area contributed by atoms with Crippen molar-refractivity contribution >= 4 is 58.2 Å². The minimum absolute atomic E-state index is 0.0990. The third-order valence-corrected chi connectivity index (χ3v) is 10.8. The van der Waals surface area contributed by atoms with Crippen LogP contribution < -0.4 is 4.74 Å². The van der Waals surface area contributed by atoms with Gasteiger partial charge in [0.05, 0.1) is 25.5 Å². The fraction of sp³-hybridized carbons (Fsp3) is 0.407. The second-order valence-corrected chi connectivity index (χ2v) is 12.5. The summed E-state index contributed by atoms with van der Waals surface area (Å²) in [5, 5.41) is 12.9. The van der Waals surface area contributed by atoms with Gasteiger partial charge in [0.25, 0.3) is 11.8 Å². The van der Waals surface area contributed by atoms with Crippen LogP contribution in [0.2, 0.25) is 0 Å². The van der Waals surface area contributed by atoms with Crippen molar-refractivity contribution in [3.8, 4) is 11.5 Å². The van der Waals surface area contributed by atoms with Gasteiger partial charge in [-0.1, -0.05) is 23.8 Å². The van der Waals surface area contributed by atoms with Gasteiger partial charge in [-0.25, -0.2) is 0 Å². The molecular weight excluding hydrogens is 551 g/mol. The number of amides is 4. The van der Waals surface area contributed by atoms with Gasteiger partial charge in [-0.15, -0.1) is 34.5 Å². The Kier molecular flexibility index (Phi) is 5.72. The van der Waals surface area contributed by atoms with Crippen molar-refractivity contribution in [2.75, 3.05) is 14.2 Å². The minimum atomic E-state index is -1.98. The van der Waals surface area contributed by atoms with Gasteiger partial charge in [-0.2, -0.15) is 0 Å². The largest absolute Gasteiger partial charge is 0.508 e. The van der Waals surface area contributed by atoms with E-state index < -0.39 is 45.2 Å². The quantitative estimate of drug-likeness (QED) is 0.339. The van der Waals surface area contributed by atoms with E-state index in [4.69, 9.17) is 27.9 Å². The molecule has 0 bridgehead atoms. The van der Waals surface area contributed by atoms with Crippen LogP contribution in [-0.2, 0) is 25.7 Å². The van der Waals surface area contributed by atoms with Crippen molar-refractivity contribution in [1.82, 2.24) is 9.80 Å². The third kappa shape index (κ3) is 3.09. The number of phenolic OH excluding ortho intramolecular Hbond substituents is 1. The molecule has 2 aliphatic carbocycles. The maximum atomic E-state index is 13.8. The number of phenols is 1. The number of ether oxygens (including phenoxy) is 1. The number of carbonyl (C=O) groups is 4. The number of rotatable bonds is 4. The number of benzene rings is 1. The Labute approximate surface area is 232 Å². The lowest BCUT2D eigenvalue weighted by Gasteiger charge is -2.51. The van der Waals surface area contributed by atoms with Crippen LogP contribution in [-0.4, -0.2) is 62.4 Å². The number of methoxy groups -OCH3 is 1. The Morgan fingerprint density at radius 2 is 1.84 bits per heavy atom. The van der Waals surface area contributed by atoms with Gasteiger partial charge >= 0.3 is 0 Å². The van der Waals surface area contributed by atoms with Crippen molar-refractivity contribution < 1.29 is 29.0 Å². The fourth-order valence-electron chi connectivity index (χ4n) is 6.84. The van der Waals surface area contributed by atoms with E-state index in [-0.39, 0.29) is 48.3 Å². The van der Waals surface area contributed by atoms with Gasteiger partial charge < -0.3 is 9.84 Å². The van der Waals surface area contributed by atoms with Crippen LogP contribution in [0.5, 0.6) is 11.5 Å². The standard InChI is InChI=1S/C27H24Cl2N2O6S/c1-30-24(35)26(28)11-16-14(21(27(26,29)25(30)36)20-17(32)6-3-7-18(20)37-2)8-9-15-19(16)23(34)31(22(15)33)12-13-5-4-10-38-13/h3-8,10,15-16,19,21,32H,9,11-12H2,1-2H3. The molecule has 2 aromatic rings. The summed E-state index contributed by atoms with van der Waals surface area (Å²) in [6.07, 6.45) is 1.99. The SMILES string of the molecule is COc1cccc(O)c1C1C2=CCC3C(=O)N(Cc4cccs4)C(=O)C3C2CC2(Cl)C(=O)N(C)C(=O)C12Cl. The van der Waals surface area contributed by atoms with E-state index in [1.54, 1.807) is 12.1 Å². The van der Waals surface area contributed by atoms with E-state index in [9.17, 15) is 24.3 Å². The average molecular weight is 575 g/mol. The van der Waals surface area contributed by atoms with Crippen LogP contribution in [0.15, 0.2) is 47.4 Å². The first kappa shape index (κ1) is 25.4. The van der Waals surface area contributed by atoms with E-state index in [1.165, 1.54) is 36.5 Å². The third-order valence-electron chi connectivity index (χ3n) is 8.55. The van der Waals surface area contributed by atoms with Crippen LogP contribution in [0.1, 0.15) is 29.2 Å². The van der Waals surface area contributed by atoms with Gasteiger partial charge in [0.15, 0.2) is 9.75 Å². The first-order valence-electron chi connectivity index (χ1n) is 12.2. The molecule has 6 unspecified atom stereocenters. The molecule has 3 fully saturated rings. The van der Waals surface area contributed by atoms with Crippen molar-refractivity contribution in [2.24, 2.45) is 17.8 Å². The Balaban J connectivity index is 1.53. The second kappa shape index (κ2) is 8.56. The van der Waals surface area contributed by atoms with Crippen LogP contribution in [0, 0.1) is 17.8 Å². The monoisotopic (exact) mass is 574 g/mol. The van der Waals surface area contributed by atoms with Gasteiger partial charge in [0.1, 0.15) is 11.5 Å². The zero-order chi connectivity index (χ0) is 27.1. The molecule has 6 rings (SSSR count). The highest BCUT2D eigenvalue weighted by molar-refractivity contribution is 7.09. The molecular formula is C27H24Cl2N2O6S. The maximum Gasteiger partial charge on any atom is 0.253 e. The number of imide groups is 2. The lowest BCUT2D eigenvalue weighted by molar-refractivity contribution is -0.141. The number of fused-ring (bicyclic) bond motifs is 4. The lowest BCUT2D eigenvalue weighted by atomic mass is 9.56. The number of allylic oxidation sites excluding steroid dienone is 2. The summed E-state index contributed by atoms with van der Waals surface area (Å²) in [7, 11) is 2.75. The normalized spacial score (nSPS) is 34.3. The Hall–Kier alpha value is -2.88. The fourth-order valence-corrected chi connectivity index (χ4v) is 8.54. The van der Waals surface area contributed by atoms with E-state index in [2.05, 4.69) is 0 Å². The van der Waals surface area contributed by atoms with Crippen LogP contribution >= 0.6 is 34.5 Å². The number of thiophene rings is 1. The Morgan fingerprint density at radius 1 is 1.08 bits per heavy atom. The number of alkyl halides is 2. The number of hydrogen-bond donors (Lipinski definition) is 1. The Morgan fingerprint density at radius 3 is 2.53 bits per heavy atom. The molecule has 2 aliphatic heterocycles. The number of carbonyl (C=O) groups excluding carboxylic acids is 4. The van der Waals surface area contributed by atoms with E-state index in [0.29, 0.717) is 5.57 Å². The molecule has 1 saturated carbocycles. The second-order valence-electron chi connectivity index (χ2n) is 10.2. The van der Waals surface area contributed by atoms with Gasteiger partial charge in [-0.3, -0.25) is 29.0 Å². The maximum absolute atomic E-state index is 13.8. The van der Waals surface area contributed by atoms with Gasteiger partial charge in [0.2, 0.25) is 11.8 Å². The molecule has 1 N–H and O–H groups in total. The molecule has 38 heavy (non-hydrogen) atoms. The zero-order valence-electron chi connectivity index (χ0n) is 20.5. The van der Waals surface area contributed by atoms with E-state index >= 15 is 0 Å². The average Bonchev–Trinajstić information content (AvgIpc) is 3.54. The summed E-state index contributed by atoms with van der Waals surface area (Å²) in [5.41, 5.74) is 0.820. The number of halogens is 2. The molecule has 0 radical (unpaired) electrons. The molecule has 4 amide bonds. The molecule has 3 heterocycles. The molecule has 1 aromatic heterocycles. The highest BCUT2D eigenvalue weighted by atomic mass is 35.5. The summed E-state index contributed by atoms with van der Waals surface area (Å²) < 4.78 is 5.55. The van der Waals surface area contributed by atoms with Crippen LogP contribution in [0.3, 0.4) is 0 Å². The van der Waals surface area contributed by atoms with Crippen molar-refractivity contribution in [3.05, 3.63) is 57.8 Å². The summed E-state index contributed by atoms with van der Waals surface area (Å²) in [5.74, 6) is -4.99. The number of hydrogen-bond acceptors (Lipinski definition) is 7. The summed E-state index contributed by atoms with van der Waals surface area (Å²) in [6, 6.07) is 8.39. The van der Waals surface area contributed by atoms with Crippen LogP contribution in [0.25, 0.3) is 0 Å². The number of likely N-dealkylation sites (tertiary alicyclic amines) is 2. The first-order valence-corrected chi connectivity index (χ1v) is 13.8. The molecule has 198 valence electrons. The summed E-state index contributed by atoms with van der Waals surface area (Å²) in [6.45, 7) is 0.173. The van der Waals surface area contributed by atoms with Gasteiger partial charge in [-0.05, 0) is 42.3 Å². The predicted molar refractivity (Wildman–Crippen MR) is 140 cm³/mol. The summed E-state index contributed by atoms with van der Waals surface area (Å²) in [4.78, 5) is 53.6. The molecule has 6 atom stereocenters. The smallest absolute Gasteiger partial charge is 0.253 e. The predicted octanol–water partition coefficient (Wildman–Crippen LogP) is 3.65. The van der Waals surface area contributed by atoms with E-state index in [1.807, 2.05) is 23.6 Å². The van der Waals surface area contributed by atoms with Crippen molar-refractivity contribution in [2.45, 2.75) is 35.1 Å². The number of aromatic hydroxyl groups is 1. The Bertz CT molecular complexity index is 1430. The molecule has 8 nitrogen and oxygen atoms in total.